The van der Waals surface area contributed by atoms with Crippen LogP contribution in [0.25, 0.3) is 5.57 Å². The van der Waals surface area contributed by atoms with Gasteiger partial charge in [-0.15, -0.1) is 0 Å². The number of rotatable bonds is 8. The third-order valence-corrected chi connectivity index (χ3v) is 8.85. The average molecular weight is 580 g/mol. The number of benzene rings is 2. The molecule has 2 aliphatic heterocycles. The Kier molecular flexibility index (Phi) is 9.26. The SMILES string of the molecule is CN1CCN(c2cc(F)c(C3=CCOCC3)cc2NC(=O)c2ccc(OCC[Si](C)(C)C)cc2C(F)(F)F)CC1. The number of halogens is 4. The molecule has 218 valence electrons. The summed E-state index contributed by atoms with van der Waals surface area (Å²) in [7, 11) is 0.550. The Labute approximate surface area is 233 Å². The standard InChI is InChI=1S/C29H37F4N3O3Si/c1-35-9-11-36(12-10-35)27-19-25(30)23(20-7-13-38-14-8-20)18-26(27)34-28(37)22-6-5-21(17-24(22)29(31,32)33)39-15-16-40(2,3)4/h5-7,17-19H,8-16H2,1-4H3,(H,34,37). The lowest BCUT2D eigenvalue weighted by molar-refractivity contribution is -0.138. The Balaban J connectivity index is 1.67. The van der Waals surface area contributed by atoms with Gasteiger partial charge in [0, 0.05) is 39.8 Å². The maximum absolute atomic E-state index is 15.4. The van der Waals surface area contributed by atoms with Gasteiger partial charge in [0.2, 0.25) is 0 Å². The summed E-state index contributed by atoms with van der Waals surface area (Å²) in [6.07, 6.45) is -2.49. The van der Waals surface area contributed by atoms with Gasteiger partial charge in [0.1, 0.15) is 11.6 Å². The van der Waals surface area contributed by atoms with Gasteiger partial charge in [-0.25, -0.2) is 4.39 Å². The average Bonchev–Trinajstić information content (AvgIpc) is 2.89. The van der Waals surface area contributed by atoms with Crippen molar-refractivity contribution in [1.29, 1.82) is 0 Å². The van der Waals surface area contributed by atoms with Gasteiger partial charge in [-0.3, -0.25) is 4.79 Å². The lowest BCUT2D eigenvalue weighted by Crippen LogP contribution is -2.44. The van der Waals surface area contributed by atoms with Crippen LogP contribution in [0.5, 0.6) is 5.75 Å². The van der Waals surface area contributed by atoms with E-state index in [9.17, 15) is 18.0 Å². The molecule has 2 aromatic rings. The highest BCUT2D eigenvalue weighted by atomic mass is 28.3. The lowest BCUT2D eigenvalue weighted by atomic mass is 9.98. The predicted octanol–water partition coefficient (Wildman–Crippen LogP) is 6.37. The predicted molar refractivity (Wildman–Crippen MR) is 153 cm³/mol. The number of hydrogen-bond acceptors (Lipinski definition) is 5. The number of piperazine rings is 1. The van der Waals surface area contributed by atoms with E-state index in [2.05, 4.69) is 29.9 Å². The molecule has 0 aromatic heterocycles. The molecule has 0 unspecified atom stereocenters. The highest BCUT2D eigenvalue weighted by Gasteiger charge is 2.36. The number of anilines is 2. The van der Waals surface area contributed by atoms with Gasteiger partial charge in [0.05, 0.1) is 42.3 Å². The van der Waals surface area contributed by atoms with E-state index < -0.39 is 37.1 Å². The van der Waals surface area contributed by atoms with Gasteiger partial charge in [0.25, 0.3) is 5.91 Å². The molecule has 11 heteroatoms. The number of ether oxygens (including phenoxy) is 2. The Morgan fingerprint density at radius 1 is 1.10 bits per heavy atom. The van der Waals surface area contributed by atoms with E-state index in [0.717, 1.165) is 36.8 Å². The second-order valence-corrected chi connectivity index (χ2v) is 17.1. The van der Waals surface area contributed by atoms with Crippen LogP contribution in [-0.4, -0.2) is 71.9 Å². The Morgan fingerprint density at radius 3 is 2.45 bits per heavy atom. The molecule has 2 aliphatic rings. The zero-order valence-corrected chi connectivity index (χ0v) is 24.5. The van der Waals surface area contributed by atoms with Crippen LogP contribution in [-0.2, 0) is 10.9 Å². The zero-order valence-electron chi connectivity index (χ0n) is 23.5. The summed E-state index contributed by atoms with van der Waals surface area (Å²) >= 11 is 0. The first-order valence-corrected chi connectivity index (χ1v) is 17.2. The van der Waals surface area contributed by atoms with Gasteiger partial charge in [0.15, 0.2) is 0 Å². The van der Waals surface area contributed by atoms with Crippen LogP contribution in [0.4, 0.5) is 28.9 Å². The van der Waals surface area contributed by atoms with Gasteiger partial charge in [-0.1, -0.05) is 25.7 Å². The monoisotopic (exact) mass is 579 g/mol. The molecule has 40 heavy (non-hydrogen) atoms. The second-order valence-electron chi connectivity index (χ2n) is 11.5. The quantitative estimate of drug-likeness (QED) is 0.291. The highest BCUT2D eigenvalue weighted by molar-refractivity contribution is 6.76. The summed E-state index contributed by atoms with van der Waals surface area (Å²) in [6, 6.07) is 7.10. The molecule has 2 heterocycles. The van der Waals surface area contributed by atoms with Crippen molar-refractivity contribution in [2.75, 3.05) is 63.3 Å². The molecular weight excluding hydrogens is 542 g/mol. The summed E-state index contributed by atoms with van der Waals surface area (Å²) in [5.41, 5.74) is 0.146. The van der Waals surface area contributed by atoms with E-state index in [1.807, 2.05) is 11.9 Å². The van der Waals surface area contributed by atoms with Crippen molar-refractivity contribution in [2.24, 2.45) is 0 Å². The second kappa shape index (κ2) is 12.3. The third kappa shape index (κ3) is 7.64. The van der Waals surface area contributed by atoms with Crippen molar-refractivity contribution in [3.05, 3.63) is 58.9 Å². The maximum atomic E-state index is 15.4. The van der Waals surface area contributed by atoms with Crippen molar-refractivity contribution in [1.82, 2.24) is 4.90 Å². The van der Waals surface area contributed by atoms with Crippen LogP contribution < -0.4 is 15.0 Å². The minimum atomic E-state index is -4.77. The number of amides is 1. The van der Waals surface area contributed by atoms with Crippen molar-refractivity contribution in [2.45, 2.75) is 38.3 Å². The van der Waals surface area contributed by atoms with Crippen LogP contribution in [0.3, 0.4) is 0 Å². The molecule has 0 bridgehead atoms. The van der Waals surface area contributed by atoms with Gasteiger partial charge >= 0.3 is 6.18 Å². The summed E-state index contributed by atoms with van der Waals surface area (Å²) < 4.78 is 68.6. The van der Waals surface area contributed by atoms with E-state index in [4.69, 9.17) is 9.47 Å². The number of nitrogens with one attached hydrogen (secondary N) is 1. The molecule has 0 saturated carbocycles. The summed E-state index contributed by atoms with van der Waals surface area (Å²) in [4.78, 5) is 17.5. The molecule has 0 spiro atoms. The van der Waals surface area contributed by atoms with Gasteiger partial charge < -0.3 is 24.6 Å². The van der Waals surface area contributed by atoms with Crippen LogP contribution in [0.15, 0.2) is 36.4 Å². The Bertz CT molecular complexity index is 1250. The fourth-order valence-electron chi connectivity index (χ4n) is 4.70. The molecule has 1 amide bonds. The topological polar surface area (TPSA) is 54.0 Å². The third-order valence-electron chi connectivity index (χ3n) is 7.15. The molecule has 2 aromatic carbocycles. The first-order valence-electron chi connectivity index (χ1n) is 13.5. The first-order chi connectivity index (χ1) is 18.8. The number of carbonyl (C=O) groups is 1. The molecule has 0 atom stereocenters. The Morgan fingerprint density at radius 2 is 1.82 bits per heavy atom. The largest absolute Gasteiger partial charge is 0.494 e. The molecule has 0 aliphatic carbocycles. The van der Waals surface area contributed by atoms with Crippen LogP contribution in [0, 0.1) is 5.82 Å². The minimum Gasteiger partial charge on any atom is -0.494 e. The lowest BCUT2D eigenvalue weighted by Gasteiger charge is -2.35. The van der Waals surface area contributed by atoms with E-state index in [1.54, 1.807) is 6.08 Å². The fourth-order valence-corrected chi connectivity index (χ4v) is 5.41. The van der Waals surface area contributed by atoms with E-state index >= 15 is 4.39 Å². The van der Waals surface area contributed by atoms with Crippen molar-refractivity contribution in [3.8, 4) is 5.75 Å². The number of nitrogens with zero attached hydrogens (tertiary/aromatic N) is 2. The highest BCUT2D eigenvalue weighted by Crippen LogP contribution is 2.37. The number of carbonyl (C=O) groups excluding carboxylic acids is 1. The number of alkyl halides is 3. The van der Waals surface area contributed by atoms with Crippen molar-refractivity contribution < 1.29 is 31.8 Å². The molecule has 1 N–H and O–H groups in total. The minimum absolute atomic E-state index is 0.0655. The zero-order chi connectivity index (χ0) is 29.1. The van der Waals surface area contributed by atoms with Crippen LogP contribution in [0.2, 0.25) is 25.7 Å². The summed E-state index contributed by atoms with van der Waals surface area (Å²) in [5.74, 6) is -1.30. The van der Waals surface area contributed by atoms with Gasteiger partial charge in [-0.05, 0) is 55.4 Å². The smallest absolute Gasteiger partial charge is 0.417 e. The number of hydrogen-bond donors (Lipinski definition) is 1. The fraction of sp³-hybridized carbons (Fsp3) is 0.483. The van der Waals surface area contributed by atoms with E-state index in [0.29, 0.717) is 50.6 Å². The van der Waals surface area contributed by atoms with Crippen molar-refractivity contribution >= 4 is 30.9 Å². The van der Waals surface area contributed by atoms with Crippen molar-refractivity contribution in [3.63, 3.8) is 0 Å². The molecular formula is C29H37F4N3O3Si. The van der Waals surface area contributed by atoms with Crippen LogP contribution >= 0.6 is 0 Å². The molecule has 0 radical (unpaired) electrons. The van der Waals surface area contributed by atoms with E-state index in [1.165, 1.54) is 18.2 Å². The van der Waals surface area contributed by atoms with Crippen LogP contribution in [0.1, 0.15) is 27.9 Å². The molecule has 1 fully saturated rings. The van der Waals surface area contributed by atoms with Gasteiger partial charge in [-0.2, -0.15) is 13.2 Å². The summed E-state index contributed by atoms with van der Waals surface area (Å²) in [6.45, 7) is 10.2. The summed E-state index contributed by atoms with van der Waals surface area (Å²) in [5, 5.41) is 2.68. The Hall–Kier alpha value is -2.89. The number of likely N-dealkylation sites (N-methyl/N-ethyl adjacent to an activating group) is 1. The maximum Gasteiger partial charge on any atom is 0.417 e. The van der Waals surface area contributed by atoms with E-state index in [-0.39, 0.29) is 11.4 Å². The first kappa shape index (κ1) is 30.1. The molecule has 1 saturated heterocycles. The molecule has 6 nitrogen and oxygen atoms in total. The molecule has 4 rings (SSSR count). The normalized spacial score (nSPS) is 17.0.